The number of aliphatic hydroxyl groups excluding tert-OH is 2. The highest BCUT2D eigenvalue weighted by molar-refractivity contribution is 14.1. The summed E-state index contributed by atoms with van der Waals surface area (Å²) in [6.45, 7) is 0. The van der Waals surface area contributed by atoms with Gasteiger partial charge in [-0.1, -0.05) is 27.6 Å². The highest BCUT2D eigenvalue weighted by Gasteiger charge is 2.46. The largest absolute Gasteiger partial charge is 0.436 e. The molecule has 2 N–H and O–H groups in total. The third kappa shape index (κ3) is 2.14. The molecule has 94 valence electrons. The molecule has 1 aromatic rings. The molecule has 8 nitrogen and oxygen atoms in total. The Morgan fingerprint density at radius 1 is 1.59 bits per heavy atom. The number of nitrogens with zero attached hydrogens (tertiary/aromatic N) is 3. The highest BCUT2D eigenvalue weighted by Crippen LogP contribution is 2.32. The van der Waals surface area contributed by atoms with Gasteiger partial charge in [0.05, 0.1) is 6.10 Å². The van der Waals surface area contributed by atoms with Crippen LogP contribution in [0.5, 0.6) is 0 Å². The van der Waals surface area contributed by atoms with E-state index in [1.807, 2.05) is 22.6 Å². The van der Waals surface area contributed by atoms with Crippen LogP contribution in [0.25, 0.3) is 0 Å². The van der Waals surface area contributed by atoms with Crippen LogP contribution in [0.1, 0.15) is 6.23 Å². The predicted molar refractivity (Wildman–Crippen MR) is 63.7 cm³/mol. The van der Waals surface area contributed by atoms with Gasteiger partial charge in [-0.25, -0.2) is 0 Å². The van der Waals surface area contributed by atoms with Crippen LogP contribution in [0, 0.1) is 10.1 Å². The van der Waals surface area contributed by atoms with Crippen LogP contribution < -0.4 is 0 Å². The average Bonchev–Trinajstić information content (AvgIpc) is 2.86. The van der Waals surface area contributed by atoms with Crippen LogP contribution in [0.2, 0.25) is 0 Å². The Bertz CT molecular complexity index is 425. The summed E-state index contributed by atoms with van der Waals surface area (Å²) >= 11 is 2.01. The molecule has 0 amide bonds. The van der Waals surface area contributed by atoms with Gasteiger partial charge in [0.1, 0.15) is 24.6 Å². The second-order valence-corrected chi connectivity index (χ2v) is 4.47. The van der Waals surface area contributed by atoms with Crippen molar-refractivity contribution < 1.29 is 19.9 Å². The Morgan fingerprint density at radius 2 is 2.29 bits per heavy atom. The molecule has 9 heteroatoms. The number of aromatic nitrogens is 2. The lowest BCUT2D eigenvalue weighted by atomic mass is 10.1. The zero-order valence-electron chi connectivity index (χ0n) is 8.51. The number of ether oxygens (including phenoxy) is 1. The fraction of sp³-hybridized carbons (Fsp3) is 0.625. The van der Waals surface area contributed by atoms with Gasteiger partial charge in [-0.05, 0) is 4.92 Å². The molecule has 0 radical (unpaired) electrons. The quantitative estimate of drug-likeness (QED) is 0.338. The molecular weight excluding hydrogens is 343 g/mol. The zero-order valence-corrected chi connectivity index (χ0v) is 10.7. The zero-order chi connectivity index (χ0) is 12.6. The van der Waals surface area contributed by atoms with Gasteiger partial charge >= 0.3 is 5.95 Å². The third-order valence-electron chi connectivity index (χ3n) is 2.57. The van der Waals surface area contributed by atoms with Gasteiger partial charge in [-0.3, -0.25) is 0 Å². The van der Waals surface area contributed by atoms with E-state index in [4.69, 9.17) is 4.74 Å². The average molecular weight is 353 g/mol. The number of hydrogen-bond donors (Lipinski definition) is 2. The Balaban J connectivity index is 2.29. The van der Waals surface area contributed by atoms with Crippen molar-refractivity contribution >= 4 is 28.5 Å². The standard InChI is InChI=1S/C8H10IN3O5/c9-3-4-5(13)6(14)7(17-4)11-2-1-10-8(11)12(15)16/h1-2,4-7,13-14H,3H2/t4-,5-,6+,7+/m1/s1/i9-2. The minimum Gasteiger partial charge on any atom is -0.390 e. The van der Waals surface area contributed by atoms with Crippen LogP contribution in [-0.4, -0.2) is 47.4 Å². The molecule has 0 aliphatic carbocycles. The second-order valence-electron chi connectivity index (χ2n) is 3.59. The van der Waals surface area contributed by atoms with E-state index in [1.165, 1.54) is 12.4 Å². The highest BCUT2D eigenvalue weighted by atomic mass is 125. The number of alkyl halides is 1. The van der Waals surface area contributed by atoms with Crippen molar-refractivity contribution in [1.29, 1.82) is 0 Å². The lowest BCUT2D eigenvalue weighted by molar-refractivity contribution is -0.398. The summed E-state index contributed by atoms with van der Waals surface area (Å²) in [4.78, 5) is 13.6. The topological polar surface area (TPSA) is 111 Å². The molecule has 2 rings (SSSR count). The first-order valence-electron chi connectivity index (χ1n) is 4.81. The smallest absolute Gasteiger partial charge is 0.390 e. The van der Waals surface area contributed by atoms with E-state index in [2.05, 4.69) is 4.98 Å². The van der Waals surface area contributed by atoms with Crippen LogP contribution in [0.4, 0.5) is 5.95 Å². The van der Waals surface area contributed by atoms with Gasteiger partial charge in [-0.15, -0.1) is 0 Å². The van der Waals surface area contributed by atoms with Crippen molar-refractivity contribution in [2.24, 2.45) is 0 Å². The van der Waals surface area contributed by atoms with Gasteiger partial charge < -0.3 is 25.1 Å². The molecule has 4 atom stereocenters. The van der Waals surface area contributed by atoms with E-state index >= 15 is 0 Å². The molecule has 0 bridgehead atoms. The van der Waals surface area contributed by atoms with E-state index in [0.717, 1.165) is 4.57 Å². The molecule has 1 fully saturated rings. The number of rotatable bonds is 3. The number of nitro groups is 1. The molecule has 0 spiro atoms. The monoisotopic (exact) mass is 353 g/mol. The Labute approximate surface area is 110 Å². The van der Waals surface area contributed by atoms with E-state index in [9.17, 15) is 20.3 Å². The van der Waals surface area contributed by atoms with Gasteiger partial charge in [0.25, 0.3) is 0 Å². The lowest BCUT2D eigenvalue weighted by Crippen LogP contribution is -2.32. The van der Waals surface area contributed by atoms with Gasteiger partial charge in [0, 0.05) is 4.43 Å². The first-order valence-corrected chi connectivity index (χ1v) is 6.33. The van der Waals surface area contributed by atoms with Crippen molar-refractivity contribution in [1.82, 2.24) is 9.55 Å². The first kappa shape index (κ1) is 12.7. The fourth-order valence-corrected chi connectivity index (χ4v) is 2.46. The normalized spacial score (nSPS) is 32.9. The molecule has 17 heavy (non-hydrogen) atoms. The van der Waals surface area contributed by atoms with E-state index in [0.29, 0.717) is 4.43 Å². The third-order valence-corrected chi connectivity index (χ3v) is 3.44. The first-order chi connectivity index (χ1) is 8.06. The molecule has 2 heterocycles. The molecular formula is C8H10IN3O5. The summed E-state index contributed by atoms with van der Waals surface area (Å²) < 4.78 is 6.97. The number of aliphatic hydroxyl groups is 2. The molecule has 0 unspecified atom stereocenters. The second kappa shape index (κ2) is 4.84. The van der Waals surface area contributed by atoms with Gasteiger partial charge in [0.15, 0.2) is 0 Å². The number of imidazole rings is 1. The minimum atomic E-state index is -1.21. The molecule has 1 aromatic heterocycles. The van der Waals surface area contributed by atoms with Crippen molar-refractivity contribution in [3.05, 3.63) is 22.5 Å². The fourth-order valence-electron chi connectivity index (χ4n) is 1.73. The molecule has 1 saturated heterocycles. The van der Waals surface area contributed by atoms with Crippen molar-refractivity contribution in [2.75, 3.05) is 4.43 Å². The van der Waals surface area contributed by atoms with Gasteiger partial charge in [-0.2, -0.15) is 4.57 Å². The van der Waals surface area contributed by atoms with Crippen molar-refractivity contribution in [3.8, 4) is 0 Å². The minimum absolute atomic E-state index is 0.421. The maximum Gasteiger partial charge on any atom is 0.436 e. The summed E-state index contributed by atoms with van der Waals surface area (Å²) in [6.07, 6.45) is -1.20. The lowest BCUT2D eigenvalue weighted by Gasteiger charge is -2.13. The molecule has 0 saturated carbocycles. The van der Waals surface area contributed by atoms with E-state index < -0.39 is 35.4 Å². The summed E-state index contributed by atoms with van der Waals surface area (Å²) in [5.41, 5.74) is 0. The van der Waals surface area contributed by atoms with E-state index in [-0.39, 0.29) is 0 Å². The summed E-state index contributed by atoms with van der Waals surface area (Å²) in [5.74, 6) is -0.421. The molecule has 1 aliphatic rings. The molecule has 1 aliphatic heterocycles. The predicted octanol–water partition coefficient (Wildman–Crippen LogP) is -0.155. The Morgan fingerprint density at radius 3 is 2.82 bits per heavy atom. The van der Waals surface area contributed by atoms with Crippen LogP contribution in [0.15, 0.2) is 12.4 Å². The number of halogens is 1. The van der Waals surface area contributed by atoms with Crippen molar-refractivity contribution in [2.45, 2.75) is 24.5 Å². The number of hydrogen-bond acceptors (Lipinski definition) is 6. The van der Waals surface area contributed by atoms with Crippen LogP contribution in [-0.2, 0) is 4.74 Å². The summed E-state index contributed by atoms with van der Waals surface area (Å²) in [6, 6.07) is 0. The summed E-state index contributed by atoms with van der Waals surface area (Å²) in [7, 11) is 0. The SMILES string of the molecule is O=[N+]([O-])c1nccn1[C@H]1O[C@H](C[125I])[C@@H](O)[C@@H]1O. The summed E-state index contributed by atoms with van der Waals surface area (Å²) in [5, 5.41) is 30.2. The Hall–Kier alpha value is -0.780. The van der Waals surface area contributed by atoms with Gasteiger partial charge in [0.2, 0.25) is 6.23 Å². The maximum absolute atomic E-state index is 10.7. The van der Waals surface area contributed by atoms with Crippen molar-refractivity contribution in [3.63, 3.8) is 0 Å². The Kier molecular flexibility index (Phi) is 3.61. The van der Waals surface area contributed by atoms with Crippen LogP contribution in [0.3, 0.4) is 0 Å². The van der Waals surface area contributed by atoms with Crippen LogP contribution >= 0.6 is 22.6 Å². The maximum atomic E-state index is 10.7. The van der Waals surface area contributed by atoms with E-state index in [1.54, 1.807) is 0 Å². The molecule has 0 aromatic carbocycles.